The molecular formula is C17H27NO. The Morgan fingerprint density at radius 2 is 2.16 bits per heavy atom. The smallest absolute Gasteiger partial charge is 0.119 e. The first-order chi connectivity index (χ1) is 9.15. The molecule has 0 bridgehead atoms. The van der Waals surface area contributed by atoms with Crippen LogP contribution in [0.25, 0.3) is 0 Å². The quantitative estimate of drug-likeness (QED) is 0.862. The van der Waals surface area contributed by atoms with Crippen LogP contribution < -0.4 is 10.1 Å². The number of ether oxygens (including phenoxy) is 1. The summed E-state index contributed by atoms with van der Waals surface area (Å²) in [6, 6.07) is 6.98. The Morgan fingerprint density at radius 1 is 1.37 bits per heavy atom. The SMILES string of the molecule is CCNC(c1ccc(OC)cc1C)C1CCC(C)C1. The third kappa shape index (κ3) is 3.30. The van der Waals surface area contributed by atoms with E-state index >= 15 is 0 Å². The highest BCUT2D eigenvalue weighted by Gasteiger charge is 2.30. The molecule has 2 heteroatoms. The van der Waals surface area contributed by atoms with Gasteiger partial charge in [-0.1, -0.05) is 26.3 Å². The van der Waals surface area contributed by atoms with E-state index in [1.165, 1.54) is 30.4 Å². The van der Waals surface area contributed by atoms with Crippen molar-refractivity contribution < 1.29 is 4.74 Å². The normalized spacial score (nSPS) is 24.4. The zero-order valence-electron chi connectivity index (χ0n) is 12.7. The number of methoxy groups -OCH3 is 1. The molecule has 1 aliphatic rings. The second kappa shape index (κ2) is 6.42. The van der Waals surface area contributed by atoms with Crippen LogP contribution in [-0.4, -0.2) is 13.7 Å². The van der Waals surface area contributed by atoms with Gasteiger partial charge in [0.2, 0.25) is 0 Å². The van der Waals surface area contributed by atoms with Gasteiger partial charge in [0.25, 0.3) is 0 Å². The van der Waals surface area contributed by atoms with Crippen molar-refractivity contribution in [3.05, 3.63) is 29.3 Å². The Morgan fingerprint density at radius 3 is 2.68 bits per heavy atom. The van der Waals surface area contributed by atoms with Crippen molar-refractivity contribution in [3.8, 4) is 5.75 Å². The van der Waals surface area contributed by atoms with E-state index in [4.69, 9.17) is 4.74 Å². The number of hydrogen-bond donors (Lipinski definition) is 1. The first kappa shape index (κ1) is 14.4. The van der Waals surface area contributed by atoms with Crippen LogP contribution in [0, 0.1) is 18.8 Å². The van der Waals surface area contributed by atoms with Gasteiger partial charge in [0.15, 0.2) is 0 Å². The fourth-order valence-electron chi connectivity index (χ4n) is 3.43. The van der Waals surface area contributed by atoms with Crippen molar-refractivity contribution in [2.45, 2.75) is 46.1 Å². The highest BCUT2D eigenvalue weighted by Crippen LogP contribution is 2.40. The Bertz CT molecular complexity index is 416. The predicted molar refractivity (Wildman–Crippen MR) is 80.7 cm³/mol. The lowest BCUT2D eigenvalue weighted by atomic mass is 9.88. The lowest BCUT2D eigenvalue weighted by Crippen LogP contribution is -2.27. The molecule has 2 rings (SSSR count). The van der Waals surface area contributed by atoms with E-state index in [-0.39, 0.29) is 0 Å². The lowest BCUT2D eigenvalue weighted by molar-refractivity contribution is 0.363. The van der Waals surface area contributed by atoms with E-state index in [1.807, 2.05) is 0 Å². The van der Waals surface area contributed by atoms with Crippen molar-refractivity contribution in [2.75, 3.05) is 13.7 Å². The van der Waals surface area contributed by atoms with Gasteiger partial charge in [0.1, 0.15) is 5.75 Å². The van der Waals surface area contributed by atoms with Gasteiger partial charge in [-0.15, -0.1) is 0 Å². The van der Waals surface area contributed by atoms with E-state index in [1.54, 1.807) is 7.11 Å². The minimum Gasteiger partial charge on any atom is -0.497 e. The molecule has 0 saturated heterocycles. The largest absolute Gasteiger partial charge is 0.497 e. The molecule has 0 aromatic heterocycles. The molecule has 0 amide bonds. The van der Waals surface area contributed by atoms with E-state index in [9.17, 15) is 0 Å². The monoisotopic (exact) mass is 261 g/mol. The minimum absolute atomic E-state index is 0.501. The van der Waals surface area contributed by atoms with E-state index in [0.717, 1.165) is 24.1 Å². The average molecular weight is 261 g/mol. The Hall–Kier alpha value is -1.02. The van der Waals surface area contributed by atoms with Crippen molar-refractivity contribution >= 4 is 0 Å². The molecule has 0 radical (unpaired) electrons. The van der Waals surface area contributed by atoms with Gasteiger partial charge < -0.3 is 10.1 Å². The van der Waals surface area contributed by atoms with Crippen LogP contribution in [0.4, 0.5) is 0 Å². The van der Waals surface area contributed by atoms with Crippen LogP contribution >= 0.6 is 0 Å². The Kier molecular flexibility index (Phi) is 4.87. The highest BCUT2D eigenvalue weighted by atomic mass is 16.5. The summed E-state index contributed by atoms with van der Waals surface area (Å²) in [4.78, 5) is 0. The molecule has 3 unspecified atom stereocenters. The van der Waals surface area contributed by atoms with Crippen LogP contribution in [0.1, 0.15) is 50.3 Å². The molecule has 0 spiro atoms. The van der Waals surface area contributed by atoms with Crippen molar-refractivity contribution in [1.29, 1.82) is 0 Å². The first-order valence-electron chi connectivity index (χ1n) is 7.53. The zero-order valence-corrected chi connectivity index (χ0v) is 12.7. The van der Waals surface area contributed by atoms with Gasteiger partial charge in [-0.2, -0.15) is 0 Å². The molecule has 1 aromatic carbocycles. The molecular weight excluding hydrogens is 234 g/mol. The molecule has 19 heavy (non-hydrogen) atoms. The third-order valence-electron chi connectivity index (χ3n) is 4.44. The number of aryl methyl sites for hydroxylation is 1. The van der Waals surface area contributed by atoms with Crippen LogP contribution in [0.15, 0.2) is 18.2 Å². The molecule has 1 N–H and O–H groups in total. The maximum Gasteiger partial charge on any atom is 0.119 e. The maximum atomic E-state index is 5.31. The highest BCUT2D eigenvalue weighted by molar-refractivity contribution is 5.37. The molecule has 1 fully saturated rings. The van der Waals surface area contributed by atoms with Crippen LogP contribution in [0.2, 0.25) is 0 Å². The van der Waals surface area contributed by atoms with Crippen LogP contribution in [0.3, 0.4) is 0 Å². The van der Waals surface area contributed by atoms with Gasteiger partial charge in [-0.25, -0.2) is 0 Å². The van der Waals surface area contributed by atoms with Gasteiger partial charge in [-0.3, -0.25) is 0 Å². The molecule has 1 aliphatic carbocycles. The number of nitrogens with one attached hydrogen (secondary N) is 1. The fourth-order valence-corrected chi connectivity index (χ4v) is 3.43. The topological polar surface area (TPSA) is 21.3 Å². The van der Waals surface area contributed by atoms with Crippen molar-refractivity contribution in [3.63, 3.8) is 0 Å². The predicted octanol–water partition coefficient (Wildman–Crippen LogP) is 4.09. The number of rotatable bonds is 5. The standard InChI is InChI=1S/C17H27NO/c1-5-18-17(14-7-6-12(2)10-14)16-9-8-15(19-4)11-13(16)3/h8-9,11-12,14,17-18H,5-7,10H2,1-4H3. The summed E-state index contributed by atoms with van der Waals surface area (Å²) < 4.78 is 5.31. The molecule has 0 aliphatic heterocycles. The summed E-state index contributed by atoms with van der Waals surface area (Å²) >= 11 is 0. The molecule has 2 nitrogen and oxygen atoms in total. The Balaban J connectivity index is 2.23. The summed E-state index contributed by atoms with van der Waals surface area (Å²) in [6.07, 6.45) is 4.08. The zero-order chi connectivity index (χ0) is 13.8. The molecule has 1 aromatic rings. The summed E-state index contributed by atoms with van der Waals surface area (Å²) in [7, 11) is 1.73. The molecule has 0 heterocycles. The number of benzene rings is 1. The van der Waals surface area contributed by atoms with E-state index < -0.39 is 0 Å². The summed E-state index contributed by atoms with van der Waals surface area (Å²) in [5.41, 5.74) is 2.78. The van der Waals surface area contributed by atoms with Gasteiger partial charge in [0, 0.05) is 6.04 Å². The van der Waals surface area contributed by atoms with Crippen molar-refractivity contribution in [2.24, 2.45) is 11.8 Å². The minimum atomic E-state index is 0.501. The van der Waals surface area contributed by atoms with Gasteiger partial charge in [-0.05, 0) is 61.4 Å². The summed E-state index contributed by atoms with van der Waals surface area (Å²) in [5.74, 6) is 2.61. The van der Waals surface area contributed by atoms with Crippen molar-refractivity contribution in [1.82, 2.24) is 5.32 Å². The van der Waals surface area contributed by atoms with Gasteiger partial charge >= 0.3 is 0 Å². The third-order valence-corrected chi connectivity index (χ3v) is 4.44. The second-order valence-corrected chi connectivity index (χ2v) is 5.94. The van der Waals surface area contributed by atoms with E-state index in [2.05, 4.69) is 44.3 Å². The lowest BCUT2D eigenvalue weighted by Gasteiger charge is -2.27. The average Bonchev–Trinajstić information content (AvgIpc) is 2.83. The summed E-state index contributed by atoms with van der Waals surface area (Å²) in [5, 5.41) is 3.70. The molecule has 1 saturated carbocycles. The molecule has 3 atom stereocenters. The molecule has 106 valence electrons. The van der Waals surface area contributed by atoms with Crippen LogP contribution in [0.5, 0.6) is 5.75 Å². The fraction of sp³-hybridized carbons (Fsp3) is 0.647. The first-order valence-corrected chi connectivity index (χ1v) is 7.53. The Labute approximate surface area is 117 Å². The van der Waals surface area contributed by atoms with Gasteiger partial charge in [0.05, 0.1) is 7.11 Å². The second-order valence-electron chi connectivity index (χ2n) is 5.94. The van der Waals surface area contributed by atoms with E-state index in [0.29, 0.717) is 6.04 Å². The summed E-state index contributed by atoms with van der Waals surface area (Å²) in [6.45, 7) is 7.80. The number of hydrogen-bond acceptors (Lipinski definition) is 2. The maximum absolute atomic E-state index is 5.31. The van der Waals surface area contributed by atoms with Crippen LogP contribution in [-0.2, 0) is 0 Å².